The van der Waals surface area contributed by atoms with E-state index in [9.17, 15) is 4.79 Å². The van der Waals surface area contributed by atoms with Crippen LogP contribution in [0.3, 0.4) is 0 Å². The molecule has 0 unspecified atom stereocenters. The standard InChI is InChI=1S/C19H23NO3S/c1-22-16-5-2-4-15(12-16)13-17-14-20(9-10-23-17)19(21)8-7-18-6-3-11-24-18/h2-6,11-12,17H,7-10,13-14H2,1H3/t17-/m1/s1. The van der Waals surface area contributed by atoms with Crippen molar-refractivity contribution >= 4 is 17.2 Å². The lowest BCUT2D eigenvalue weighted by Crippen LogP contribution is -2.46. The second-order valence-electron chi connectivity index (χ2n) is 5.97. The van der Waals surface area contributed by atoms with Gasteiger partial charge in [0.25, 0.3) is 0 Å². The number of hydrogen-bond donors (Lipinski definition) is 0. The average Bonchev–Trinajstić information content (AvgIpc) is 3.13. The van der Waals surface area contributed by atoms with Gasteiger partial charge in [-0.05, 0) is 35.6 Å². The number of aryl methyl sites for hydroxylation is 1. The first kappa shape index (κ1) is 17.0. The van der Waals surface area contributed by atoms with Gasteiger partial charge in [-0.3, -0.25) is 4.79 Å². The zero-order valence-corrected chi connectivity index (χ0v) is 14.8. The summed E-state index contributed by atoms with van der Waals surface area (Å²) in [7, 11) is 1.67. The van der Waals surface area contributed by atoms with E-state index in [4.69, 9.17) is 9.47 Å². The van der Waals surface area contributed by atoms with Gasteiger partial charge in [0.15, 0.2) is 0 Å². The fourth-order valence-corrected chi connectivity index (χ4v) is 3.68. The normalized spacial score (nSPS) is 17.7. The van der Waals surface area contributed by atoms with Crippen LogP contribution >= 0.6 is 11.3 Å². The van der Waals surface area contributed by atoms with Crippen molar-refractivity contribution < 1.29 is 14.3 Å². The summed E-state index contributed by atoms with van der Waals surface area (Å²) in [6, 6.07) is 12.1. The number of rotatable bonds is 6. The minimum atomic E-state index is 0.0524. The third-order valence-electron chi connectivity index (χ3n) is 4.25. The van der Waals surface area contributed by atoms with Crippen LogP contribution in [0.25, 0.3) is 0 Å². The lowest BCUT2D eigenvalue weighted by atomic mass is 10.1. The van der Waals surface area contributed by atoms with E-state index < -0.39 is 0 Å². The van der Waals surface area contributed by atoms with Crippen molar-refractivity contribution in [3.05, 3.63) is 52.2 Å². The number of nitrogens with zero attached hydrogens (tertiary/aromatic N) is 1. The Morgan fingerprint density at radius 2 is 2.29 bits per heavy atom. The lowest BCUT2D eigenvalue weighted by molar-refractivity contribution is -0.138. The summed E-state index contributed by atoms with van der Waals surface area (Å²) in [5.41, 5.74) is 1.17. The Labute approximate surface area is 147 Å². The molecule has 1 aromatic carbocycles. The van der Waals surface area contributed by atoms with E-state index in [0.29, 0.717) is 26.1 Å². The van der Waals surface area contributed by atoms with Gasteiger partial charge in [-0.25, -0.2) is 0 Å². The molecular formula is C19H23NO3S. The van der Waals surface area contributed by atoms with Crippen molar-refractivity contribution in [2.45, 2.75) is 25.4 Å². The topological polar surface area (TPSA) is 38.8 Å². The molecule has 1 saturated heterocycles. The Balaban J connectivity index is 1.52. The molecule has 0 saturated carbocycles. The maximum absolute atomic E-state index is 12.4. The van der Waals surface area contributed by atoms with E-state index >= 15 is 0 Å². The zero-order valence-electron chi connectivity index (χ0n) is 13.9. The van der Waals surface area contributed by atoms with E-state index in [1.807, 2.05) is 29.2 Å². The largest absolute Gasteiger partial charge is 0.497 e. The summed E-state index contributed by atoms with van der Waals surface area (Å²) in [6.45, 7) is 1.97. The fourth-order valence-electron chi connectivity index (χ4n) is 2.97. The first-order valence-electron chi connectivity index (χ1n) is 8.29. The van der Waals surface area contributed by atoms with E-state index in [-0.39, 0.29) is 12.0 Å². The molecule has 2 aromatic rings. The van der Waals surface area contributed by atoms with Gasteiger partial charge >= 0.3 is 0 Å². The molecule has 1 amide bonds. The maximum atomic E-state index is 12.4. The fraction of sp³-hybridized carbons (Fsp3) is 0.421. The van der Waals surface area contributed by atoms with Gasteiger partial charge in [0, 0.05) is 30.8 Å². The molecule has 1 aromatic heterocycles. The van der Waals surface area contributed by atoms with Crippen LogP contribution in [-0.2, 0) is 22.4 Å². The Morgan fingerprint density at radius 3 is 3.08 bits per heavy atom. The molecule has 5 heteroatoms. The zero-order chi connectivity index (χ0) is 16.8. The Hall–Kier alpha value is -1.85. The van der Waals surface area contributed by atoms with Gasteiger partial charge in [-0.2, -0.15) is 0 Å². The number of thiophene rings is 1. The van der Waals surface area contributed by atoms with Gasteiger partial charge in [0.05, 0.1) is 19.8 Å². The number of carbonyl (C=O) groups excluding carboxylic acids is 1. The summed E-state index contributed by atoms with van der Waals surface area (Å²) in [4.78, 5) is 15.7. The molecule has 0 N–H and O–H groups in total. The number of hydrogen-bond acceptors (Lipinski definition) is 4. The Kier molecular flexibility index (Phi) is 5.88. The Bertz CT molecular complexity index is 656. The van der Waals surface area contributed by atoms with Crippen molar-refractivity contribution in [3.63, 3.8) is 0 Å². The molecule has 1 atom stereocenters. The predicted molar refractivity (Wildman–Crippen MR) is 95.7 cm³/mol. The minimum Gasteiger partial charge on any atom is -0.497 e. The number of carbonyl (C=O) groups is 1. The first-order chi connectivity index (χ1) is 11.7. The number of amides is 1. The highest BCUT2D eigenvalue weighted by Crippen LogP contribution is 2.18. The third kappa shape index (κ3) is 4.58. The molecule has 0 aliphatic carbocycles. The molecule has 1 aliphatic heterocycles. The van der Waals surface area contributed by atoms with Crippen LogP contribution in [0.15, 0.2) is 41.8 Å². The number of methoxy groups -OCH3 is 1. The molecule has 128 valence electrons. The molecule has 1 aliphatic rings. The van der Waals surface area contributed by atoms with Crippen LogP contribution in [0.2, 0.25) is 0 Å². The van der Waals surface area contributed by atoms with Crippen molar-refractivity contribution in [3.8, 4) is 5.75 Å². The van der Waals surface area contributed by atoms with Crippen LogP contribution < -0.4 is 4.74 Å². The van der Waals surface area contributed by atoms with Gasteiger partial charge in [0.1, 0.15) is 5.75 Å². The van der Waals surface area contributed by atoms with Crippen molar-refractivity contribution in [2.24, 2.45) is 0 Å². The predicted octanol–water partition coefficient (Wildman–Crippen LogP) is 3.16. The summed E-state index contributed by atoms with van der Waals surface area (Å²) in [5.74, 6) is 1.08. The molecule has 4 nitrogen and oxygen atoms in total. The molecule has 0 bridgehead atoms. The highest BCUT2D eigenvalue weighted by molar-refractivity contribution is 7.09. The lowest BCUT2D eigenvalue weighted by Gasteiger charge is -2.33. The quantitative estimate of drug-likeness (QED) is 0.807. The molecule has 0 spiro atoms. The average molecular weight is 345 g/mol. The summed E-state index contributed by atoms with van der Waals surface area (Å²) in [5, 5.41) is 2.05. The second kappa shape index (κ2) is 8.31. The monoisotopic (exact) mass is 345 g/mol. The van der Waals surface area contributed by atoms with Gasteiger partial charge < -0.3 is 14.4 Å². The molecule has 0 radical (unpaired) electrons. The van der Waals surface area contributed by atoms with Crippen molar-refractivity contribution in [1.82, 2.24) is 4.90 Å². The molecule has 3 rings (SSSR count). The summed E-state index contributed by atoms with van der Waals surface area (Å²) < 4.78 is 11.1. The van der Waals surface area contributed by atoms with E-state index in [2.05, 4.69) is 17.5 Å². The van der Waals surface area contributed by atoms with Crippen molar-refractivity contribution in [2.75, 3.05) is 26.8 Å². The van der Waals surface area contributed by atoms with E-state index in [1.165, 1.54) is 10.4 Å². The van der Waals surface area contributed by atoms with Crippen LogP contribution in [0, 0.1) is 0 Å². The SMILES string of the molecule is COc1cccc(C[C@@H]2CN(C(=O)CCc3cccs3)CCO2)c1. The van der Waals surface area contributed by atoms with Crippen LogP contribution in [0.5, 0.6) is 5.75 Å². The maximum Gasteiger partial charge on any atom is 0.223 e. The van der Waals surface area contributed by atoms with Crippen LogP contribution in [0.1, 0.15) is 16.9 Å². The molecule has 2 heterocycles. The van der Waals surface area contributed by atoms with E-state index in [0.717, 1.165) is 18.6 Å². The van der Waals surface area contributed by atoms with Crippen LogP contribution in [0.4, 0.5) is 0 Å². The minimum absolute atomic E-state index is 0.0524. The third-order valence-corrected chi connectivity index (χ3v) is 5.19. The van der Waals surface area contributed by atoms with Crippen LogP contribution in [-0.4, -0.2) is 43.7 Å². The molecule has 1 fully saturated rings. The number of morpholine rings is 1. The van der Waals surface area contributed by atoms with Gasteiger partial charge in [-0.15, -0.1) is 11.3 Å². The van der Waals surface area contributed by atoms with Gasteiger partial charge in [-0.1, -0.05) is 18.2 Å². The smallest absolute Gasteiger partial charge is 0.223 e. The summed E-state index contributed by atoms with van der Waals surface area (Å²) in [6.07, 6.45) is 2.25. The molecule has 24 heavy (non-hydrogen) atoms. The second-order valence-corrected chi connectivity index (χ2v) is 7.00. The Morgan fingerprint density at radius 1 is 1.38 bits per heavy atom. The number of ether oxygens (including phenoxy) is 2. The van der Waals surface area contributed by atoms with Gasteiger partial charge in [0.2, 0.25) is 5.91 Å². The van der Waals surface area contributed by atoms with Crippen molar-refractivity contribution in [1.29, 1.82) is 0 Å². The highest BCUT2D eigenvalue weighted by atomic mass is 32.1. The van der Waals surface area contributed by atoms with E-state index in [1.54, 1.807) is 18.4 Å². The molecular weight excluding hydrogens is 322 g/mol. The first-order valence-corrected chi connectivity index (χ1v) is 9.17. The highest BCUT2D eigenvalue weighted by Gasteiger charge is 2.24. The number of benzene rings is 1. The summed E-state index contributed by atoms with van der Waals surface area (Å²) >= 11 is 1.71.